The van der Waals surface area contributed by atoms with Gasteiger partial charge in [0.2, 0.25) is 0 Å². The van der Waals surface area contributed by atoms with E-state index in [9.17, 15) is 4.79 Å². The Labute approximate surface area is 193 Å². The molecule has 12 heteroatoms. The molecule has 0 radical (unpaired) electrons. The molecule has 12 nitrogen and oxygen atoms in total. The summed E-state index contributed by atoms with van der Waals surface area (Å²) in [7, 11) is 0. The van der Waals surface area contributed by atoms with Gasteiger partial charge >= 0.3 is 6.09 Å². The first-order chi connectivity index (χ1) is 16.2. The number of nitrogens with one attached hydrogen (secondary N) is 1. The van der Waals surface area contributed by atoms with E-state index >= 15 is 0 Å². The lowest BCUT2D eigenvalue weighted by atomic mass is 10.0. The van der Waals surface area contributed by atoms with Gasteiger partial charge in [-0.05, 0) is 24.8 Å². The van der Waals surface area contributed by atoms with Gasteiger partial charge in [-0.1, -0.05) is 30.3 Å². The molecule has 0 fully saturated rings. The number of ether oxygens (including phenoxy) is 4. The van der Waals surface area contributed by atoms with Crippen molar-refractivity contribution in [3.63, 3.8) is 0 Å². The molecule has 0 spiro atoms. The predicted octanol–water partition coefficient (Wildman–Crippen LogP) is 2.34. The van der Waals surface area contributed by atoms with E-state index in [0.29, 0.717) is 19.3 Å². The smallest absolute Gasteiger partial charge is 0.408 e. The van der Waals surface area contributed by atoms with Gasteiger partial charge in [-0.3, -0.25) is 15.8 Å². The Morgan fingerprint density at radius 2 is 1.18 bits per heavy atom. The largest absolute Gasteiger partial charge is 0.445 e. The van der Waals surface area contributed by atoms with Crippen molar-refractivity contribution in [1.82, 2.24) is 5.32 Å². The average molecular weight is 478 g/mol. The fourth-order valence-electron chi connectivity index (χ4n) is 2.69. The lowest BCUT2D eigenvalue weighted by Gasteiger charge is -2.33. The number of amides is 1. The van der Waals surface area contributed by atoms with Gasteiger partial charge < -0.3 is 24.3 Å². The lowest BCUT2D eigenvalue weighted by molar-refractivity contribution is -0.245. The normalized spacial score (nSPS) is 11.5. The number of carbonyl (C=O) groups excluding carboxylic acids is 1. The van der Waals surface area contributed by atoms with Crippen LogP contribution < -0.4 is 5.32 Å². The summed E-state index contributed by atoms with van der Waals surface area (Å²) in [6.07, 6.45) is 0.641. The molecule has 33 heavy (non-hydrogen) atoms. The second kappa shape index (κ2) is 19.6. The molecule has 0 aliphatic rings. The van der Waals surface area contributed by atoms with Crippen molar-refractivity contribution in [3.8, 4) is 0 Å². The van der Waals surface area contributed by atoms with E-state index in [1.54, 1.807) is 0 Å². The van der Waals surface area contributed by atoms with Crippen LogP contribution in [0.25, 0.3) is 0 Å². The highest BCUT2D eigenvalue weighted by atomic mass is 17.1. The molecule has 0 aromatic heterocycles. The Morgan fingerprint density at radius 1 is 0.727 bits per heavy atom. The third kappa shape index (κ3) is 14.8. The van der Waals surface area contributed by atoms with E-state index < -0.39 is 11.6 Å². The van der Waals surface area contributed by atoms with Crippen LogP contribution >= 0.6 is 0 Å². The molecule has 190 valence electrons. The molecule has 1 amide bonds. The van der Waals surface area contributed by atoms with E-state index in [2.05, 4.69) is 20.0 Å². The minimum atomic E-state index is -1.09. The molecule has 0 unspecified atom stereocenters. The van der Waals surface area contributed by atoms with Gasteiger partial charge in [-0.2, -0.15) is 0 Å². The SMILES string of the molecule is O=C(NC(COCCCOO)(COCCCOO)COCCCOO)OCc1ccccc1. The van der Waals surface area contributed by atoms with Crippen LogP contribution in [0.5, 0.6) is 0 Å². The molecule has 0 aliphatic carbocycles. The van der Waals surface area contributed by atoms with Gasteiger partial charge in [-0.15, -0.1) is 0 Å². The standard InChI is InChI=1S/C21H35NO11/c23-20(30-15-19-7-2-1-3-8-19)22-21(16-27-9-4-12-31-24,17-28-10-5-13-32-25)18-29-11-6-14-33-26/h1-3,7-8,24-26H,4-6,9-18H2,(H,22,23). The van der Waals surface area contributed by atoms with Gasteiger partial charge in [0.05, 0.1) is 39.6 Å². The number of rotatable bonds is 21. The zero-order valence-electron chi connectivity index (χ0n) is 18.7. The number of alkyl carbamates (subject to hydrolysis) is 1. The van der Waals surface area contributed by atoms with Crippen molar-refractivity contribution in [2.75, 3.05) is 59.5 Å². The molecule has 0 aliphatic heterocycles. The van der Waals surface area contributed by atoms with Crippen LogP contribution in [0.4, 0.5) is 4.79 Å². The van der Waals surface area contributed by atoms with E-state index in [0.717, 1.165) is 5.56 Å². The van der Waals surface area contributed by atoms with Gasteiger partial charge in [0, 0.05) is 19.8 Å². The van der Waals surface area contributed by atoms with E-state index in [1.165, 1.54) is 0 Å². The fourth-order valence-corrected chi connectivity index (χ4v) is 2.69. The number of hydrogen-bond donors (Lipinski definition) is 4. The first-order valence-electron chi connectivity index (χ1n) is 10.7. The molecule has 0 saturated carbocycles. The zero-order chi connectivity index (χ0) is 24.0. The second-order valence-corrected chi connectivity index (χ2v) is 7.19. The zero-order valence-corrected chi connectivity index (χ0v) is 18.7. The molecule has 1 aromatic carbocycles. The Morgan fingerprint density at radius 3 is 1.61 bits per heavy atom. The van der Waals surface area contributed by atoms with E-state index in [4.69, 9.17) is 34.7 Å². The summed E-state index contributed by atoms with van der Waals surface area (Å²) in [6.45, 7) is 1.29. The quantitative estimate of drug-likeness (QED) is 0.117. The monoisotopic (exact) mass is 477 g/mol. The van der Waals surface area contributed by atoms with Crippen LogP contribution in [0.3, 0.4) is 0 Å². The Balaban J connectivity index is 2.75. The van der Waals surface area contributed by atoms with Crippen LogP contribution in [-0.2, 0) is 40.2 Å². The van der Waals surface area contributed by atoms with Crippen molar-refractivity contribution in [1.29, 1.82) is 0 Å². The second-order valence-electron chi connectivity index (χ2n) is 7.19. The summed E-state index contributed by atoms with van der Waals surface area (Å²) < 4.78 is 22.4. The highest BCUT2D eigenvalue weighted by Gasteiger charge is 2.34. The maximum absolute atomic E-state index is 12.6. The molecule has 0 heterocycles. The summed E-state index contributed by atoms with van der Waals surface area (Å²) in [5.74, 6) is 0. The highest BCUT2D eigenvalue weighted by Crippen LogP contribution is 2.12. The Kier molecular flexibility index (Phi) is 17.3. The number of hydrogen-bond acceptors (Lipinski definition) is 11. The molecule has 0 saturated heterocycles. The lowest BCUT2D eigenvalue weighted by Crippen LogP contribution is -2.58. The number of benzene rings is 1. The Hall–Kier alpha value is -1.87. The minimum absolute atomic E-state index is 0.0336. The third-order valence-corrected chi connectivity index (χ3v) is 4.29. The number of carbonyl (C=O) groups is 1. The van der Waals surface area contributed by atoms with Crippen LogP contribution in [-0.4, -0.2) is 86.9 Å². The van der Waals surface area contributed by atoms with E-state index in [-0.39, 0.29) is 66.1 Å². The van der Waals surface area contributed by atoms with Gasteiger partial charge in [0.1, 0.15) is 12.1 Å². The summed E-state index contributed by atoms with van der Waals surface area (Å²) in [6, 6.07) is 9.24. The van der Waals surface area contributed by atoms with Gasteiger partial charge in [0.25, 0.3) is 0 Å². The van der Waals surface area contributed by atoms with Crippen molar-refractivity contribution in [2.24, 2.45) is 0 Å². The molecule has 1 aromatic rings. The summed E-state index contributed by atoms with van der Waals surface area (Å²) >= 11 is 0. The molecule has 4 N–H and O–H groups in total. The molecular formula is C21H35NO11. The van der Waals surface area contributed by atoms with Crippen molar-refractivity contribution < 1.29 is 54.2 Å². The predicted molar refractivity (Wildman–Crippen MR) is 115 cm³/mol. The molecule has 0 atom stereocenters. The summed E-state index contributed by atoms with van der Waals surface area (Å²) in [5, 5.41) is 28.1. The topological polar surface area (TPSA) is 154 Å². The Bertz CT molecular complexity index is 555. The summed E-state index contributed by atoms with van der Waals surface area (Å²) in [4.78, 5) is 24.7. The molecule has 1 rings (SSSR count). The van der Waals surface area contributed by atoms with E-state index in [1.807, 2.05) is 30.3 Å². The summed E-state index contributed by atoms with van der Waals surface area (Å²) in [5.41, 5.74) is -0.257. The fraction of sp³-hybridized carbons (Fsp3) is 0.667. The van der Waals surface area contributed by atoms with Crippen LogP contribution in [0.1, 0.15) is 24.8 Å². The first kappa shape index (κ1) is 29.2. The van der Waals surface area contributed by atoms with Crippen LogP contribution in [0, 0.1) is 0 Å². The average Bonchev–Trinajstić information content (AvgIpc) is 2.83. The maximum Gasteiger partial charge on any atom is 0.408 e. The van der Waals surface area contributed by atoms with Crippen molar-refractivity contribution >= 4 is 6.09 Å². The van der Waals surface area contributed by atoms with Crippen molar-refractivity contribution in [2.45, 2.75) is 31.4 Å². The third-order valence-electron chi connectivity index (χ3n) is 4.29. The van der Waals surface area contributed by atoms with Gasteiger partial charge in [0.15, 0.2) is 0 Å². The highest BCUT2D eigenvalue weighted by molar-refractivity contribution is 5.68. The van der Waals surface area contributed by atoms with Gasteiger partial charge in [-0.25, -0.2) is 19.5 Å². The van der Waals surface area contributed by atoms with Crippen LogP contribution in [0.15, 0.2) is 30.3 Å². The minimum Gasteiger partial charge on any atom is -0.445 e. The molecular weight excluding hydrogens is 442 g/mol. The van der Waals surface area contributed by atoms with Crippen LogP contribution in [0.2, 0.25) is 0 Å². The van der Waals surface area contributed by atoms with Crippen molar-refractivity contribution in [3.05, 3.63) is 35.9 Å². The molecule has 0 bridgehead atoms. The maximum atomic E-state index is 12.6. The first-order valence-corrected chi connectivity index (χ1v) is 10.7.